The molecule has 0 aliphatic rings. The van der Waals surface area contributed by atoms with E-state index >= 15 is 0 Å². The van der Waals surface area contributed by atoms with Crippen molar-refractivity contribution in [3.8, 4) is 0 Å². The number of ether oxygens (including phenoxy) is 1. The van der Waals surface area contributed by atoms with Crippen molar-refractivity contribution in [1.82, 2.24) is 15.2 Å². The third-order valence-electron chi connectivity index (χ3n) is 4.04. The monoisotopic (exact) mass is 430 g/mol. The number of amides is 1. The van der Waals surface area contributed by atoms with Gasteiger partial charge in [-0.1, -0.05) is 53.4 Å². The molecule has 0 saturated heterocycles. The van der Waals surface area contributed by atoms with E-state index in [2.05, 4.69) is 32.6 Å². The van der Waals surface area contributed by atoms with E-state index in [0.717, 1.165) is 10.1 Å². The van der Waals surface area contributed by atoms with Gasteiger partial charge in [0.2, 0.25) is 5.13 Å². The molecule has 9 heteroatoms. The molecule has 2 heterocycles. The third kappa shape index (κ3) is 5.24. The highest BCUT2D eigenvalue weighted by molar-refractivity contribution is 8.00. The number of anilines is 1. The lowest BCUT2D eigenvalue weighted by Gasteiger charge is -2.08. The van der Waals surface area contributed by atoms with Crippen LogP contribution in [0, 0.1) is 13.8 Å². The van der Waals surface area contributed by atoms with E-state index in [-0.39, 0.29) is 12.0 Å². The number of benzene rings is 1. The van der Waals surface area contributed by atoms with Crippen molar-refractivity contribution in [2.24, 2.45) is 0 Å². The highest BCUT2D eigenvalue weighted by atomic mass is 32.2. The van der Waals surface area contributed by atoms with Crippen LogP contribution in [0.5, 0.6) is 0 Å². The van der Waals surface area contributed by atoms with Crippen molar-refractivity contribution < 1.29 is 14.3 Å². The van der Waals surface area contributed by atoms with Crippen LogP contribution >= 0.6 is 23.1 Å². The Labute approximate surface area is 177 Å². The van der Waals surface area contributed by atoms with E-state index in [1.54, 1.807) is 39.5 Å². The third-order valence-corrected chi connectivity index (χ3v) is 6.09. The Hall–Kier alpha value is -2.65. The van der Waals surface area contributed by atoms with Crippen LogP contribution in [-0.2, 0) is 10.5 Å². The topological polar surface area (TPSA) is 97.0 Å². The van der Waals surface area contributed by atoms with Crippen LogP contribution in [0.25, 0.3) is 0 Å². The minimum absolute atomic E-state index is 0.235. The number of aromatic amines is 1. The molecule has 0 fully saturated rings. The Morgan fingerprint density at radius 1 is 1.21 bits per heavy atom. The number of thioether (sulfide) groups is 1. The Kier molecular flexibility index (Phi) is 6.71. The average molecular weight is 431 g/mol. The van der Waals surface area contributed by atoms with Crippen LogP contribution in [-0.4, -0.2) is 33.2 Å². The maximum atomic E-state index is 12.7. The molecule has 0 aliphatic heterocycles. The Balaban J connectivity index is 1.66. The predicted octanol–water partition coefficient (Wildman–Crippen LogP) is 4.59. The van der Waals surface area contributed by atoms with Gasteiger partial charge in [0.05, 0.1) is 11.7 Å². The Morgan fingerprint density at radius 3 is 2.62 bits per heavy atom. The SMILES string of the molecule is Cc1[nH]c(C(=O)Nc2nnc(SCc3ccccc3)s2)c(C)c1C(=O)OC(C)C. The second kappa shape index (κ2) is 9.23. The molecule has 0 aliphatic carbocycles. The zero-order valence-corrected chi connectivity index (χ0v) is 18.2. The van der Waals surface area contributed by atoms with Crippen LogP contribution in [0.2, 0.25) is 0 Å². The normalized spacial score (nSPS) is 10.9. The fourth-order valence-electron chi connectivity index (χ4n) is 2.75. The second-order valence-electron chi connectivity index (χ2n) is 6.68. The van der Waals surface area contributed by atoms with Gasteiger partial charge in [-0.2, -0.15) is 0 Å². The van der Waals surface area contributed by atoms with Gasteiger partial charge in [-0.25, -0.2) is 4.79 Å². The number of esters is 1. The van der Waals surface area contributed by atoms with Gasteiger partial charge >= 0.3 is 5.97 Å². The number of H-pyrrole nitrogens is 1. The summed E-state index contributed by atoms with van der Waals surface area (Å²) >= 11 is 2.87. The fraction of sp³-hybridized carbons (Fsp3) is 0.300. The molecule has 152 valence electrons. The highest BCUT2D eigenvalue weighted by Gasteiger charge is 2.24. The van der Waals surface area contributed by atoms with Crippen LogP contribution in [0.1, 0.15) is 51.5 Å². The summed E-state index contributed by atoms with van der Waals surface area (Å²) in [5.41, 5.74) is 3.03. The Morgan fingerprint density at radius 2 is 1.93 bits per heavy atom. The molecular weight excluding hydrogens is 408 g/mol. The predicted molar refractivity (Wildman–Crippen MR) is 115 cm³/mol. The number of hydrogen-bond acceptors (Lipinski definition) is 7. The lowest BCUT2D eigenvalue weighted by molar-refractivity contribution is 0.0376. The first-order valence-corrected chi connectivity index (χ1v) is 10.9. The van der Waals surface area contributed by atoms with E-state index < -0.39 is 5.97 Å². The molecule has 29 heavy (non-hydrogen) atoms. The van der Waals surface area contributed by atoms with Gasteiger partial charge in [-0.3, -0.25) is 10.1 Å². The summed E-state index contributed by atoms with van der Waals surface area (Å²) < 4.78 is 6.03. The van der Waals surface area contributed by atoms with Crippen molar-refractivity contribution >= 4 is 40.1 Å². The molecule has 3 rings (SSSR count). The molecule has 0 bridgehead atoms. The summed E-state index contributed by atoms with van der Waals surface area (Å²) in [6, 6.07) is 10.1. The van der Waals surface area contributed by atoms with Crippen molar-refractivity contribution in [2.45, 2.75) is 43.9 Å². The van der Waals surface area contributed by atoms with Gasteiger partial charge in [0.15, 0.2) is 4.34 Å². The van der Waals surface area contributed by atoms with Crippen molar-refractivity contribution in [2.75, 3.05) is 5.32 Å². The highest BCUT2D eigenvalue weighted by Crippen LogP contribution is 2.29. The second-order valence-corrected chi connectivity index (χ2v) is 8.88. The number of carbonyl (C=O) groups excluding carboxylic acids is 2. The zero-order valence-electron chi connectivity index (χ0n) is 16.6. The lowest BCUT2D eigenvalue weighted by atomic mass is 10.1. The number of hydrogen-bond donors (Lipinski definition) is 2. The van der Waals surface area contributed by atoms with Crippen LogP contribution in [0.15, 0.2) is 34.7 Å². The van der Waals surface area contributed by atoms with Crippen molar-refractivity contribution in [3.05, 3.63) is 58.4 Å². The summed E-state index contributed by atoms with van der Waals surface area (Å²) in [4.78, 5) is 27.9. The van der Waals surface area contributed by atoms with Gasteiger partial charge < -0.3 is 9.72 Å². The first-order chi connectivity index (χ1) is 13.8. The number of rotatable bonds is 7. The van der Waals surface area contributed by atoms with Gasteiger partial charge in [-0.05, 0) is 38.8 Å². The molecule has 7 nitrogen and oxygen atoms in total. The lowest BCUT2D eigenvalue weighted by Crippen LogP contribution is -2.15. The fourth-order valence-corrected chi connectivity index (χ4v) is 4.46. The quantitative estimate of drug-likeness (QED) is 0.323. The van der Waals surface area contributed by atoms with Crippen LogP contribution < -0.4 is 5.32 Å². The van der Waals surface area contributed by atoms with Crippen molar-refractivity contribution in [3.63, 3.8) is 0 Å². The number of aryl methyl sites for hydroxylation is 1. The van der Waals surface area contributed by atoms with E-state index in [4.69, 9.17) is 4.74 Å². The molecular formula is C20H22N4O3S2. The summed E-state index contributed by atoms with van der Waals surface area (Å²) in [5.74, 6) is -0.0366. The van der Waals surface area contributed by atoms with Gasteiger partial charge in [0, 0.05) is 11.4 Å². The molecule has 0 radical (unpaired) electrons. The van der Waals surface area contributed by atoms with Crippen LogP contribution in [0.4, 0.5) is 5.13 Å². The standard InChI is InChI=1S/C20H22N4O3S2/c1-11(2)27-18(26)15-12(3)16(21-13(15)4)17(25)22-19-23-24-20(29-19)28-10-14-8-6-5-7-9-14/h5-9,11,21H,10H2,1-4H3,(H,22,23,25). The number of carbonyl (C=O) groups is 2. The van der Waals surface area contributed by atoms with E-state index in [0.29, 0.717) is 27.6 Å². The zero-order chi connectivity index (χ0) is 21.0. The maximum Gasteiger partial charge on any atom is 0.340 e. The summed E-state index contributed by atoms with van der Waals surface area (Å²) in [5, 5.41) is 11.3. The molecule has 0 unspecified atom stereocenters. The largest absolute Gasteiger partial charge is 0.459 e. The molecule has 2 N–H and O–H groups in total. The molecule has 1 amide bonds. The van der Waals surface area contributed by atoms with Crippen LogP contribution in [0.3, 0.4) is 0 Å². The minimum atomic E-state index is -0.444. The first-order valence-electron chi connectivity index (χ1n) is 9.07. The maximum absolute atomic E-state index is 12.7. The average Bonchev–Trinajstić information content (AvgIpc) is 3.24. The molecule has 0 saturated carbocycles. The first kappa shape index (κ1) is 21.1. The van der Waals surface area contributed by atoms with E-state index in [9.17, 15) is 9.59 Å². The van der Waals surface area contributed by atoms with Gasteiger partial charge in [-0.15, -0.1) is 10.2 Å². The molecule has 0 atom stereocenters. The summed E-state index contributed by atoms with van der Waals surface area (Å²) in [6.45, 7) is 7.03. The number of nitrogens with one attached hydrogen (secondary N) is 2. The molecule has 1 aromatic carbocycles. The molecule has 0 spiro atoms. The molecule has 2 aromatic heterocycles. The summed E-state index contributed by atoms with van der Waals surface area (Å²) in [6.07, 6.45) is -0.235. The molecule has 3 aromatic rings. The summed E-state index contributed by atoms with van der Waals surface area (Å²) in [7, 11) is 0. The minimum Gasteiger partial charge on any atom is -0.459 e. The van der Waals surface area contributed by atoms with E-state index in [1.807, 2.05) is 18.2 Å². The van der Waals surface area contributed by atoms with Gasteiger partial charge in [0.25, 0.3) is 5.91 Å². The van der Waals surface area contributed by atoms with Crippen molar-refractivity contribution in [1.29, 1.82) is 0 Å². The number of nitrogens with zero attached hydrogens (tertiary/aromatic N) is 2. The number of aromatic nitrogens is 3. The van der Waals surface area contributed by atoms with Gasteiger partial charge in [0.1, 0.15) is 5.69 Å². The Bertz CT molecular complexity index is 1010. The van der Waals surface area contributed by atoms with E-state index in [1.165, 1.54) is 16.9 Å². The smallest absolute Gasteiger partial charge is 0.340 e.